The van der Waals surface area contributed by atoms with E-state index in [1.54, 1.807) is 19.9 Å². The molecule has 0 aliphatic carbocycles. The lowest BCUT2D eigenvalue weighted by molar-refractivity contribution is -0.384. The average Bonchev–Trinajstić information content (AvgIpc) is 3.11. The van der Waals surface area contributed by atoms with Gasteiger partial charge in [0.15, 0.2) is 0 Å². The third-order valence-electron chi connectivity index (χ3n) is 5.76. The number of nitro benzene ring substituents is 1. The number of dihydropyridines is 1. The van der Waals surface area contributed by atoms with Crippen LogP contribution in [0.15, 0.2) is 64.0 Å². The molecule has 174 valence electrons. The number of benzene rings is 1. The number of aliphatic imine (C=N–C) groups is 1. The molecule has 0 bridgehead atoms. The van der Waals surface area contributed by atoms with Gasteiger partial charge >= 0.3 is 11.9 Å². The SMILES string of the molecule is COC(=O)C1=C(C)NC(C)=C(C(=O)OCCC2(C)C=CC(C)=N2)C1c1cccc([N+](=O)[O-])c1. The van der Waals surface area contributed by atoms with E-state index in [1.807, 2.05) is 26.0 Å². The first kappa shape index (κ1) is 23.9. The zero-order valence-electron chi connectivity index (χ0n) is 19.3. The lowest BCUT2D eigenvalue weighted by Crippen LogP contribution is -2.32. The Morgan fingerprint density at radius 2 is 1.85 bits per heavy atom. The topological polar surface area (TPSA) is 120 Å². The molecular formula is C24H27N3O6. The van der Waals surface area contributed by atoms with Crippen LogP contribution in [0.5, 0.6) is 0 Å². The summed E-state index contributed by atoms with van der Waals surface area (Å²) in [6.07, 6.45) is 4.39. The maximum absolute atomic E-state index is 13.2. The Labute approximate surface area is 192 Å². The highest BCUT2D eigenvalue weighted by Crippen LogP contribution is 2.40. The largest absolute Gasteiger partial charge is 0.466 e. The number of methoxy groups -OCH3 is 1. The van der Waals surface area contributed by atoms with Crippen LogP contribution in [0.3, 0.4) is 0 Å². The molecule has 9 nitrogen and oxygen atoms in total. The van der Waals surface area contributed by atoms with Gasteiger partial charge in [0.25, 0.3) is 5.69 Å². The van der Waals surface area contributed by atoms with Crippen molar-refractivity contribution in [1.82, 2.24) is 5.32 Å². The molecule has 1 aromatic rings. The number of ether oxygens (including phenoxy) is 2. The third kappa shape index (κ3) is 5.02. The molecule has 0 spiro atoms. The van der Waals surface area contributed by atoms with Crippen molar-refractivity contribution in [3.8, 4) is 0 Å². The molecule has 1 N–H and O–H groups in total. The van der Waals surface area contributed by atoms with Crippen LogP contribution in [0.1, 0.15) is 45.6 Å². The van der Waals surface area contributed by atoms with E-state index in [0.717, 1.165) is 5.71 Å². The Bertz CT molecular complexity index is 1130. The molecule has 2 aliphatic heterocycles. The number of carbonyl (C=O) groups is 2. The van der Waals surface area contributed by atoms with Gasteiger partial charge in [-0.2, -0.15) is 0 Å². The number of hydrogen-bond donors (Lipinski definition) is 1. The standard InChI is InChI=1S/C24H27N3O6/c1-14-9-10-24(4,26-14)11-12-33-23(29)20-16(3)25-15(2)19(22(28)32-5)21(20)17-7-6-8-18(13-17)27(30)31/h6-10,13,21,25H,11-12H2,1-5H3. The number of nitrogens with zero attached hydrogens (tertiary/aromatic N) is 2. The van der Waals surface area contributed by atoms with Crippen LogP contribution in [0.2, 0.25) is 0 Å². The summed E-state index contributed by atoms with van der Waals surface area (Å²) in [6.45, 7) is 7.37. The van der Waals surface area contributed by atoms with Gasteiger partial charge in [-0.15, -0.1) is 0 Å². The Kier molecular flexibility index (Phi) is 6.81. The molecule has 9 heteroatoms. The Balaban J connectivity index is 1.95. The molecule has 0 aromatic heterocycles. The molecular weight excluding hydrogens is 426 g/mol. The first-order valence-corrected chi connectivity index (χ1v) is 10.5. The summed E-state index contributed by atoms with van der Waals surface area (Å²) in [7, 11) is 1.24. The van der Waals surface area contributed by atoms with Crippen molar-refractivity contribution in [2.45, 2.75) is 45.6 Å². The van der Waals surface area contributed by atoms with E-state index >= 15 is 0 Å². The fourth-order valence-electron chi connectivity index (χ4n) is 4.14. The van der Waals surface area contributed by atoms with Gasteiger partial charge < -0.3 is 14.8 Å². The minimum atomic E-state index is -0.881. The summed E-state index contributed by atoms with van der Waals surface area (Å²) >= 11 is 0. The van der Waals surface area contributed by atoms with Crippen molar-refractivity contribution in [3.63, 3.8) is 0 Å². The van der Waals surface area contributed by atoms with E-state index in [1.165, 1.54) is 25.3 Å². The summed E-state index contributed by atoms with van der Waals surface area (Å²) in [6, 6.07) is 5.87. The number of allylic oxidation sites excluding steroid dienone is 3. The van der Waals surface area contributed by atoms with E-state index in [2.05, 4.69) is 10.3 Å². The highest BCUT2D eigenvalue weighted by molar-refractivity contribution is 6.00. The van der Waals surface area contributed by atoms with E-state index in [9.17, 15) is 19.7 Å². The van der Waals surface area contributed by atoms with Gasteiger partial charge in [-0.1, -0.05) is 18.2 Å². The molecule has 33 heavy (non-hydrogen) atoms. The zero-order chi connectivity index (χ0) is 24.3. The van der Waals surface area contributed by atoms with Crippen molar-refractivity contribution in [1.29, 1.82) is 0 Å². The maximum atomic E-state index is 13.2. The molecule has 0 radical (unpaired) electrons. The summed E-state index contributed by atoms with van der Waals surface area (Å²) in [5, 5.41) is 14.4. The lowest BCUT2D eigenvalue weighted by Gasteiger charge is -2.30. The molecule has 0 saturated heterocycles. The number of esters is 2. The first-order valence-electron chi connectivity index (χ1n) is 10.5. The predicted octanol–water partition coefficient (Wildman–Crippen LogP) is 3.73. The average molecular weight is 453 g/mol. The number of nitro groups is 1. The molecule has 0 fully saturated rings. The van der Waals surface area contributed by atoms with Crippen LogP contribution in [0.4, 0.5) is 5.69 Å². The predicted molar refractivity (Wildman–Crippen MR) is 123 cm³/mol. The molecule has 1 aromatic carbocycles. The van der Waals surface area contributed by atoms with Crippen LogP contribution in [0.25, 0.3) is 0 Å². The van der Waals surface area contributed by atoms with Crippen LogP contribution in [0, 0.1) is 10.1 Å². The summed E-state index contributed by atoms with van der Waals surface area (Å²) in [5.41, 5.74) is 2.15. The van der Waals surface area contributed by atoms with Gasteiger partial charge in [0.1, 0.15) is 0 Å². The number of carbonyl (C=O) groups excluding carboxylic acids is 2. The number of non-ortho nitro benzene ring substituents is 1. The Hall–Kier alpha value is -3.75. The summed E-state index contributed by atoms with van der Waals surface area (Å²) < 4.78 is 10.5. The number of nitrogens with one attached hydrogen (secondary N) is 1. The minimum absolute atomic E-state index is 0.116. The van der Waals surface area contributed by atoms with E-state index in [4.69, 9.17) is 9.47 Å². The van der Waals surface area contributed by atoms with Crippen molar-refractivity contribution in [3.05, 3.63) is 74.6 Å². The van der Waals surface area contributed by atoms with E-state index < -0.39 is 28.3 Å². The molecule has 2 aliphatic rings. The van der Waals surface area contributed by atoms with Crippen molar-refractivity contribution in [2.24, 2.45) is 4.99 Å². The molecule has 3 rings (SSSR count). The molecule has 0 saturated carbocycles. The van der Waals surface area contributed by atoms with Gasteiger partial charge in [-0.25, -0.2) is 9.59 Å². The maximum Gasteiger partial charge on any atom is 0.336 e. The fourth-order valence-corrected chi connectivity index (χ4v) is 4.14. The Morgan fingerprint density at radius 3 is 2.42 bits per heavy atom. The zero-order valence-corrected chi connectivity index (χ0v) is 19.3. The normalized spacial score (nSPS) is 22.1. The van der Waals surface area contributed by atoms with Gasteiger partial charge in [-0.05, 0) is 39.3 Å². The third-order valence-corrected chi connectivity index (χ3v) is 5.76. The fraction of sp³-hybridized carbons (Fsp3) is 0.375. The van der Waals surface area contributed by atoms with Gasteiger partial charge in [-0.3, -0.25) is 15.1 Å². The van der Waals surface area contributed by atoms with Crippen LogP contribution >= 0.6 is 0 Å². The van der Waals surface area contributed by atoms with Crippen molar-refractivity contribution >= 4 is 23.3 Å². The van der Waals surface area contributed by atoms with E-state index in [0.29, 0.717) is 23.4 Å². The highest BCUT2D eigenvalue weighted by Gasteiger charge is 2.38. The van der Waals surface area contributed by atoms with Gasteiger partial charge in [0.05, 0.1) is 41.2 Å². The molecule has 2 unspecified atom stereocenters. The van der Waals surface area contributed by atoms with E-state index in [-0.39, 0.29) is 23.4 Å². The van der Waals surface area contributed by atoms with Crippen LogP contribution in [-0.4, -0.2) is 41.8 Å². The van der Waals surface area contributed by atoms with Crippen molar-refractivity contribution in [2.75, 3.05) is 13.7 Å². The first-order chi connectivity index (χ1) is 15.6. The number of hydrogen-bond acceptors (Lipinski definition) is 8. The molecule has 2 heterocycles. The van der Waals surface area contributed by atoms with Crippen LogP contribution < -0.4 is 5.32 Å². The van der Waals surface area contributed by atoms with Crippen molar-refractivity contribution < 1.29 is 24.0 Å². The Morgan fingerprint density at radius 1 is 1.18 bits per heavy atom. The quantitative estimate of drug-likeness (QED) is 0.379. The monoisotopic (exact) mass is 453 g/mol. The second-order valence-electron chi connectivity index (χ2n) is 8.31. The van der Waals surface area contributed by atoms with Crippen LogP contribution in [-0.2, 0) is 19.1 Å². The summed E-state index contributed by atoms with van der Waals surface area (Å²) in [5.74, 6) is -2.13. The van der Waals surface area contributed by atoms with Gasteiger partial charge in [0, 0.05) is 35.7 Å². The highest BCUT2D eigenvalue weighted by atomic mass is 16.6. The second-order valence-corrected chi connectivity index (χ2v) is 8.31. The van der Waals surface area contributed by atoms with Gasteiger partial charge in [0.2, 0.25) is 0 Å². The smallest absolute Gasteiger partial charge is 0.336 e. The second kappa shape index (κ2) is 9.40. The molecule has 2 atom stereocenters. The number of rotatable bonds is 7. The lowest BCUT2D eigenvalue weighted by atomic mass is 9.80. The molecule has 0 amide bonds. The minimum Gasteiger partial charge on any atom is -0.466 e. The summed E-state index contributed by atoms with van der Waals surface area (Å²) in [4.78, 5) is 41.3.